The summed E-state index contributed by atoms with van der Waals surface area (Å²) in [6, 6.07) is 10.5. The Morgan fingerprint density at radius 1 is 0.952 bits per heavy atom. The summed E-state index contributed by atoms with van der Waals surface area (Å²) in [5, 5.41) is 0. The van der Waals surface area contributed by atoms with E-state index in [2.05, 4.69) is 39.1 Å². The van der Waals surface area contributed by atoms with Gasteiger partial charge in [-0.2, -0.15) is 0 Å². The molecule has 0 radical (unpaired) electrons. The van der Waals surface area contributed by atoms with E-state index in [1.165, 1.54) is 18.5 Å². The third kappa shape index (κ3) is 2.01. The number of hydrogen-bond acceptors (Lipinski definition) is 4. The molecule has 106 valence electrons. The van der Waals surface area contributed by atoms with Crippen molar-refractivity contribution in [2.24, 2.45) is 0 Å². The van der Waals surface area contributed by atoms with Gasteiger partial charge in [0.25, 0.3) is 0 Å². The Morgan fingerprint density at radius 3 is 2.43 bits per heavy atom. The zero-order valence-electron chi connectivity index (χ0n) is 11.7. The second-order valence-corrected chi connectivity index (χ2v) is 5.38. The topological polar surface area (TPSA) is 60.0 Å². The number of benzene rings is 1. The van der Waals surface area contributed by atoms with Gasteiger partial charge in [-0.1, -0.05) is 0 Å². The summed E-state index contributed by atoms with van der Waals surface area (Å²) < 4.78 is 1.96. The minimum atomic E-state index is 0.493. The van der Waals surface area contributed by atoms with Crippen LogP contribution in [0.2, 0.25) is 0 Å². The first kappa shape index (κ1) is 12.2. The molecule has 0 unspecified atom stereocenters. The van der Waals surface area contributed by atoms with Crippen LogP contribution in [0.1, 0.15) is 12.8 Å². The number of rotatable bonds is 2. The molecule has 0 spiro atoms. The van der Waals surface area contributed by atoms with Crippen molar-refractivity contribution in [1.82, 2.24) is 14.5 Å². The van der Waals surface area contributed by atoms with E-state index in [1.807, 2.05) is 10.6 Å². The molecule has 1 aliphatic heterocycles. The number of nitrogens with two attached hydrogens (primary N) is 1. The van der Waals surface area contributed by atoms with Gasteiger partial charge in [0.1, 0.15) is 5.52 Å². The second kappa shape index (κ2) is 4.77. The fourth-order valence-corrected chi connectivity index (χ4v) is 3.01. The molecule has 21 heavy (non-hydrogen) atoms. The first-order chi connectivity index (χ1) is 10.3. The second-order valence-electron chi connectivity index (χ2n) is 5.38. The Labute approximate surface area is 123 Å². The molecule has 2 aromatic heterocycles. The molecule has 3 aromatic rings. The van der Waals surface area contributed by atoms with Crippen molar-refractivity contribution < 1.29 is 0 Å². The quantitative estimate of drug-likeness (QED) is 0.783. The third-order valence-corrected chi connectivity index (χ3v) is 4.06. The van der Waals surface area contributed by atoms with Gasteiger partial charge in [-0.15, -0.1) is 0 Å². The zero-order chi connectivity index (χ0) is 14.2. The Morgan fingerprint density at radius 2 is 1.67 bits per heavy atom. The minimum Gasteiger partial charge on any atom is -0.372 e. The molecular weight excluding hydrogens is 262 g/mol. The third-order valence-electron chi connectivity index (χ3n) is 4.06. The first-order valence-corrected chi connectivity index (χ1v) is 7.26. The number of fused-ring (bicyclic) bond motifs is 1. The largest absolute Gasteiger partial charge is 0.372 e. The lowest BCUT2D eigenvalue weighted by molar-refractivity contribution is 0.949. The van der Waals surface area contributed by atoms with Crippen LogP contribution in [0.25, 0.3) is 16.7 Å². The van der Waals surface area contributed by atoms with Gasteiger partial charge in [-0.05, 0) is 43.2 Å². The highest BCUT2D eigenvalue weighted by Gasteiger charge is 2.13. The number of imidazole rings is 1. The maximum Gasteiger partial charge on any atom is 0.205 e. The number of nitrogen functional groups attached to an aromatic ring is 1. The SMILES string of the molecule is Nc1nc2cnccc2n1-c1ccc(N2CCCC2)cc1. The van der Waals surface area contributed by atoms with Crippen LogP contribution < -0.4 is 10.6 Å². The van der Waals surface area contributed by atoms with Gasteiger partial charge in [0.2, 0.25) is 5.95 Å². The number of hydrogen-bond donors (Lipinski definition) is 1. The Kier molecular flexibility index (Phi) is 2.77. The lowest BCUT2D eigenvalue weighted by atomic mass is 10.2. The van der Waals surface area contributed by atoms with E-state index in [4.69, 9.17) is 5.73 Å². The molecule has 0 saturated carbocycles. The molecule has 0 amide bonds. The molecule has 0 aliphatic carbocycles. The lowest BCUT2D eigenvalue weighted by Gasteiger charge is -2.18. The molecule has 5 heteroatoms. The summed E-state index contributed by atoms with van der Waals surface area (Å²) in [6.45, 7) is 2.31. The molecule has 1 saturated heterocycles. The minimum absolute atomic E-state index is 0.493. The molecule has 0 bridgehead atoms. The Bertz CT molecular complexity index is 769. The van der Waals surface area contributed by atoms with Crippen molar-refractivity contribution in [3.8, 4) is 5.69 Å². The van der Waals surface area contributed by atoms with Crippen molar-refractivity contribution in [3.63, 3.8) is 0 Å². The maximum atomic E-state index is 6.06. The number of aromatic nitrogens is 3. The highest BCUT2D eigenvalue weighted by molar-refractivity contribution is 5.79. The fourth-order valence-electron chi connectivity index (χ4n) is 3.01. The van der Waals surface area contributed by atoms with Crippen LogP contribution in [-0.2, 0) is 0 Å². The van der Waals surface area contributed by atoms with E-state index >= 15 is 0 Å². The molecule has 0 atom stereocenters. The summed E-state index contributed by atoms with van der Waals surface area (Å²) in [7, 11) is 0. The van der Waals surface area contributed by atoms with Crippen LogP contribution in [0, 0.1) is 0 Å². The van der Waals surface area contributed by atoms with Crippen molar-refractivity contribution >= 4 is 22.7 Å². The van der Waals surface area contributed by atoms with Gasteiger partial charge in [-0.3, -0.25) is 9.55 Å². The van der Waals surface area contributed by atoms with Crippen LogP contribution in [0.4, 0.5) is 11.6 Å². The summed E-state index contributed by atoms with van der Waals surface area (Å²) in [6.07, 6.45) is 6.07. The number of pyridine rings is 1. The van der Waals surface area contributed by atoms with E-state index in [0.717, 1.165) is 29.8 Å². The smallest absolute Gasteiger partial charge is 0.205 e. The van der Waals surface area contributed by atoms with Gasteiger partial charge in [0.15, 0.2) is 0 Å². The Hall–Kier alpha value is -2.56. The number of nitrogens with zero attached hydrogens (tertiary/aromatic N) is 4. The molecule has 1 fully saturated rings. The van der Waals surface area contributed by atoms with Crippen molar-refractivity contribution in [2.75, 3.05) is 23.7 Å². The standard InChI is InChI=1S/C16H17N5/c17-16-19-14-11-18-8-7-15(14)21(16)13-5-3-12(4-6-13)20-9-1-2-10-20/h3-8,11H,1-2,9-10H2,(H2,17,19). The van der Waals surface area contributed by atoms with Gasteiger partial charge in [-0.25, -0.2) is 4.98 Å². The lowest BCUT2D eigenvalue weighted by Crippen LogP contribution is -2.17. The zero-order valence-corrected chi connectivity index (χ0v) is 11.7. The van der Waals surface area contributed by atoms with E-state index < -0.39 is 0 Å². The first-order valence-electron chi connectivity index (χ1n) is 7.26. The fraction of sp³-hybridized carbons (Fsp3) is 0.250. The van der Waals surface area contributed by atoms with Gasteiger partial charge in [0, 0.05) is 30.7 Å². The summed E-state index contributed by atoms with van der Waals surface area (Å²) >= 11 is 0. The molecule has 5 nitrogen and oxygen atoms in total. The summed E-state index contributed by atoms with van der Waals surface area (Å²) in [4.78, 5) is 10.9. The van der Waals surface area contributed by atoms with Crippen LogP contribution in [0.15, 0.2) is 42.7 Å². The normalized spacial score (nSPS) is 15.0. The van der Waals surface area contributed by atoms with Crippen molar-refractivity contribution in [2.45, 2.75) is 12.8 Å². The van der Waals surface area contributed by atoms with Crippen LogP contribution in [0.3, 0.4) is 0 Å². The molecule has 2 N–H and O–H groups in total. The van der Waals surface area contributed by atoms with E-state index in [9.17, 15) is 0 Å². The van der Waals surface area contributed by atoms with Crippen LogP contribution in [0.5, 0.6) is 0 Å². The molecule has 3 heterocycles. The summed E-state index contributed by atoms with van der Waals surface area (Å²) in [5.74, 6) is 0.493. The molecule has 1 aromatic carbocycles. The molecular formula is C16H17N5. The average molecular weight is 279 g/mol. The van der Waals surface area contributed by atoms with E-state index in [-0.39, 0.29) is 0 Å². The average Bonchev–Trinajstić information content (AvgIpc) is 3.14. The van der Waals surface area contributed by atoms with Crippen molar-refractivity contribution in [3.05, 3.63) is 42.7 Å². The van der Waals surface area contributed by atoms with Gasteiger partial charge >= 0.3 is 0 Å². The highest BCUT2D eigenvalue weighted by atomic mass is 15.2. The highest BCUT2D eigenvalue weighted by Crippen LogP contribution is 2.25. The Balaban J connectivity index is 1.76. The molecule has 4 rings (SSSR count). The predicted molar refractivity (Wildman–Crippen MR) is 84.7 cm³/mol. The van der Waals surface area contributed by atoms with Gasteiger partial charge < -0.3 is 10.6 Å². The van der Waals surface area contributed by atoms with E-state index in [0.29, 0.717) is 5.95 Å². The molecule has 1 aliphatic rings. The van der Waals surface area contributed by atoms with Crippen LogP contribution >= 0.6 is 0 Å². The monoisotopic (exact) mass is 279 g/mol. The van der Waals surface area contributed by atoms with E-state index in [1.54, 1.807) is 12.4 Å². The van der Waals surface area contributed by atoms with Crippen molar-refractivity contribution in [1.29, 1.82) is 0 Å². The number of anilines is 2. The predicted octanol–water partition coefficient (Wildman–Crippen LogP) is 2.60. The maximum absolute atomic E-state index is 6.06. The summed E-state index contributed by atoms with van der Waals surface area (Å²) in [5.41, 5.74) is 10.2. The van der Waals surface area contributed by atoms with Gasteiger partial charge in [0.05, 0.1) is 11.7 Å². The van der Waals surface area contributed by atoms with Crippen LogP contribution in [-0.4, -0.2) is 27.6 Å².